The van der Waals surface area contributed by atoms with Crippen molar-refractivity contribution in [1.82, 2.24) is 25.3 Å². The fourth-order valence-corrected chi connectivity index (χ4v) is 9.72. The summed E-state index contributed by atoms with van der Waals surface area (Å²) in [5.41, 5.74) is 1.35. The van der Waals surface area contributed by atoms with Crippen LogP contribution in [0.3, 0.4) is 0 Å². The predicted molar refractivity (Wildman–Crippen MR) is 164 cm³/mol. The average Bonchev–Trinajstić information content (AvgIpc) is 3.43. The summed E-state index contributed by atoms with van der Waals surface area (Å²) in [6.07, 6.45) is 9.58. The van der Waals surface area contributed by atoms with Gasteiger partial charge in [-0.25, -0.2) is 0 Å². The van der Waals surface area contributed by atoms with Gasteiger partial charge >= 0.3 is 0 Å². The first-order chi connectivity index (χ1) is 20.4. The number of likely N-dealkylation sites (tertiary alicyclic amines) is 1. The minimum atomic E-state index is -0.233. The van der Waals surface area contributed by atoms with Crippen molar-refractivity contribution in [2.45, 2.75) is 91.7 Å². The Morgan fingerprint density at radius 3 is 2.88 bits per heavy atom. The number of fused-ring (bicyclic) bond motifs is 2. The number of carbonyl (C=O) groups excluding carboxylic acids is 1. The molecule has 6 unspecified atom stereocenters. The van der Waals surface area contributed by atoms with E-state index in [4.69, 9.17) is 9.47 Å². The van der Waals surface area contributed by atoms with Gasteiger partial charge in [0, 0.05) is 52.8 Å². The van der Waals surface area contributed by atoms with Gasteiger partial charge in [0.25, 0.3) is 0 Å². The molecule has 6 rings (SSSR count). The van der Waals surface area contributed by atoms with Gasteiger partial charge in [-0.1, -0.05) is 12.6 Å². The molecule has 3 saturated heterocycles. The molecular formula is C32H46N6O3S. The van der Waals surface area contributed by atoms with E-state index in [9.17, 15) is 10.1 Å². The second-order valence-electron chi connectivity index (χ2n) is 12.8. The van der Waals surface area contributed by atoms with E-state index < -0.39 is 0 Å². The number of benzene rings is 1. The van der Waals surface area contributed by atoms with E-state index in [2.05, 4.69) is 70.1 Å². The van der Waals surface area contributed by atoms with Crippen molar-refractivity contribution in [2.75, 3.05) is 46.9 Å². The van der Waals surface area contributed by atoms with Crippen LogP contribution in [0.1, 0.15) is 50.5 Å². The average molecular weight is 595 g/mol. The Labute approximate surface area is 254 Å². The zero-order chi connectivity index (χ0) is 29.3. The van der Waals surface area contributed by atoms with Crippen LogP contribution in [0.15, 0.2) is 35.7 Å². The summed E-state index contributed by atoms with van der Waals surface area (Å²) < 4.78 is 12.5. The van der Waals surface area contributed by atoms with E-state index in [1.165, 1.54) is 35.8 Å². The minimum Gasteiger partial charge on any atom is -0.496 e. The molecule has 0 aromatic heterocycles. The number of rotatable bonds is 7. The van der Waals surface area contributed by atoms with Crippen LogP contribution in [0.25, 0.3) is 0 Å². The largest absolute Gasteiger partial charge is 0.496 e. The lowest BCUT2D eigenvalue weighted by Crippen LogP contribution is -2.72. The van der Waals surface area contributed by atoms with Crippen molar-refractivity contribution in [2.24, 2.45) is 5.92 Å². The second-order valence-corrected chi connectivity index (χ2v) is 14.3. The van der Waals surface area contributed by atoms with Crippen LogP contribution in [-0.2, 0) is 16.0 Å². The number of thioether (sulfide) groups is 1. The molecule has 1 aliphatic carbocycles. The Morgan fingerprint density at radius 2 is 2.12 bits per heavy atom. The molecule has 228 valence electrons. The lowest BCUT2D eigenvalue weighted by molar-refractivity contribution is -0.135. The van der Waals surface area contributed by atoms with Gasteiger partial charge in [0.15, 0.2) is 6.35 Å². The zero-order valence-electron chi connectivity index (χ0n) is 25.1. The Bertz CT molecular complexity index is 1190. The summed E-state index contributed by atoms with van der Waals surface area (Å²) in [6.45, 7) is 7.59. The first-order valence-corrected chi connectivity index (χ1v) is 16.5. The van der Waals surface area contributed by atoms with E-state index in [1.807, 2.05) is 4.90 Å². The Morgan fingerprint density at radius 1 is 1.24 bits per heavy atom. The van der Waals surface area contributed by atoms with Crippen LogP contribution < -0.4 is 15.4 Å². The van der Waals surface area contributed by atoms with Gasteiger partial charge in [0.1, 0.15) is 5.75 Å². The van der Waals surface area contributed by atoms with Crippen LogP contribution in [0.4, 0.5) is 0 Å². The third-order valence-corrected chi connectivity index (χ3v) is 12.0. The molecule has 1 spiro atoms. The Balaban J connectivity index is 1.21. The molecule has 1 aromatic carbocycles. The molecule has 1 saturated carbocycles. The summed E-state index contributed by atoms with van der Waals surface area (Å²) >= 11 is 2.06. The first kappa shape index (κ1) is 29.9. The number of nitriles is 1. The molecular weight excluding hydrogens is 548 g/mol. The highest BCUT2D eigenvalue weighted by Crippen LogP contribution is 2.54. The highest BCUT2D eigenvalue weighted by molar-refractivity contribution is 8.00. The number of likely N-dealkylation sites (N-methyl/N-ethyl adjacent to an activating group) is 1. The summed E-state index contributed by atoms with van der Waals surface area (Å²) in [5, 5.41) is 17.3. The van der Waals surface area contributed by atoms with E-state index in [0.29, 0.717) is 44.1 Å². The third-order valence-electron chi connectivity index (χ3n) is 10.4. The molecule has 5 aliphatic rings. The van der Waals surface area contributed by atoms with Gasteiger partial charge in [-0.15, -0.1) is 11.8 Å². The van der Waals surface area contributed by atoms with Crippen LogP contribution >= 0.6 is 11.8 Å². The maximum atomic E-state index is 12.6. The fraction of sp³-hybridized carbons (Fsp3) is 0.688. The van der Waals surface area contributed by atoms with E-state index in [1.54, 1.807) is 7.11 Å². The number of piperazine rings is 1. The first-order valence-electron chi connectivity index (χ1n) is 15.7. The summed E-state index contributed by atoms with van der Waals surface area (Å²) in [6, 6.07) is 9.42. The number of ether oxygens (including phenoxy) is 2. The predicted octanol–water partition coefficient (Wildman–Crippen LogP) is 3.17. The number of carbonyl (C=O) groups is 1. The molecule has 42 heavy (non-hydrogen) atoms. The highest BCUT2D eigenvalue weighted by atomic mass is 32.2. The van der Waals surface area contributed by atoms with Crippen LogP contribution in [0.2, 0.25) is 0 Å². The number of amides is 1. The number of nitrogens with zero attached hydrogens (tertiary/aromatic N) is 4. The molecule has 7 atom stereocenters. The van der Waals surface area contributed by atoms with Crippen LogP contribution in [0, 0.1) is 17.2 Å². The Hall–Kier alpha value is -2.13. The molecule has 4 heterocycles. The van der Waals surface area contributed by atoms with Crippen molar-refractivity contribution in [3.63, 3.8) is 0 Å². The third kappa shape index (κ3) is 5.97. The smallest absolute Gasteiger partial charge is 0.246 e. The quantitative estimate of drug-likeness (QED) is 0.462. The zero-order valence-corrected chi connectivity index (χ0v) is 25.9. The Kier molecular flexibility index (Phi) is 9.15. The molecule has 2 N–H and O–H groups in total. The molecule has 1 aromatic rings. The number of nitrogens with one attached hydrogen (secondary N) is 2. The van der Waals surface area contributed by atoms with Gasteiger partial charge in [-0.2, -0.15) is 5.26 Å². The monoisotopic (exact) mass is 594 g/mol. The van der Waals surface area contributed by atoms with Crippen molar-refractivity contribution < 1.29 is 14.3 Å². The van der Waals surface area contributed by atoms with Crippen molar-refractivity contribution in [3.8, 4) is 11.8 Å². The lowest BCUT2D eigenvalue weighted by Gasteiger charge is -2.56. The topological polar surface area (TPSA) is 93.1 Å². The molecule has 4 aliphatic heterocycles. The van der Waals surface area contributed by atoms with Crippen molar-refractivity contribution in [3.05, 3.63) is 36.4 Å². The van der Waals surface area contributed by atoms with Gasteiger partial charge in [0.2, 0.25) is 5.91 Å². The standard InChI is InChI=1S/C32H46N6O3S/c1-4-29(39)38-18-17-37(20-22(38)12-15-33)30-24-10-13-32(14-11-25-27(40-3)8-5-9-28(25)42-32)19-26(24)34-31(35-30)41-21-23-7-6-16-36(23)2/h4-5,8-9,22-24,26,30-31,34-35H,1,6-7,10-14,16-21H2,2-3H3/t22?,23?,24?,26?,30?,31?,32-/m0/s1. The van der Waals surface area contributed by atoms with Gasteiger partial charge in [-0.05, 0) is 76.7 Å². The number of hydrogen-bond acceptors (Lipinski definition) is 9. The van der Waals surface area contributed by atoms with Gasteiger partial charge in [-0.3, -0.25) is 20.3 Å². The van der Waals surface area contributed by atoms with Gasteiger partial charge < -0.3 is 19.3 Å². The van der Waals surface area contributed by atoms with Crippen molar-refractivity contribution >= 4 is 17.7 Å². The molecule has 9 nitrogen and oxygen atoms in total. The molecule has 4 fully saturated rings. The maximum Gasteiger partial charge on any atom is 0.246 e. The molecule has 10 heteroatoms. The minimum absolute atomic E-state index is 0.0845. The van der Waals surface area contributed by atoms with Crippen LogP contribution in [0.5, 0.6) is 5.75 Å². The number of methoxy groups -OCH3 is 1. The van der Waals surface area contributed by atoms with Crippen LogP contribution in [-0.4, -0.2) is 103 Å². The summed E-state index contributed by atoms with van der Waals surface area (Å²) in [7, 11) is 3.96. The SMILES string of the molecule is C=CC(=O)N1CCN(C2NC(OCC3CCCN3C)NC3C[C@@]4(CCc5c(OC)cccc5S4)CCC32)CC1CC#N. The normalized spacial score (nSPS) is 35.3. The van der Waals surface area contributed by atoms with E-state index >= 15 is 0 Å². The van der Waals surface area contributed by atoms with Crippen molar-refractivity contribution in [1.29, 1.82) is 5.26 Å². The summed E-state index contributed by atoms with van der Waals surface area (Å²) in [4.78, 5) is 20.7. The second kappa shape index (κ2) is 12.8. The lowest BCUT2D eigenvalue weighted by atomic mass is 9.72. The molecule has 0 radical (unpaired) electrons. The van der Waals surface area contributed by atoms with Gasteiger partial charge in [0.05, 0.1) is 38.4 Å². The maximum absolute atomic E-state index is 12.6. The van der Waals surface area contributed by atoms with E-state index in [0.717, 1.165) is 44.5 Å². The highest BCUT2D eigenvalue weighted by Gasteiger charge is 2.50. The fourth-order valence-electron chi connectivity index (χ4n) is 8.09. The summed E-state index contributed by atoms with van der Waals surface area (Å²) in [5.74, 6) is 1.34. The number of hydrogen-bond donors (Lipinski definition) is 2. The van der Waals surface area contributed by atoms with E-state index in [-0.39, 0.29) is 29.2 Å². The molecule has 0 bridgehead atoms. The molecule has 1 amide bonds.